The Hall–Kier alpha value is -0.460. The Morgan fingerprint density at radius 2 is 2.11 bits per heavy atom. The first-order valence-electron chi connectivity index (χ1n) is 6.36. The van der Waals surface area contributed by atoms with Crippen molar-refractivity contribution in [2.45, 2.75) is 24.2 Å². The van der Waals surface area contributed by atoms with Crippen LogP contribution in [0.5, 0.6) is 0 Å². The third kappa shape index (κ3) is 3.35. The Morgan fingerprint density at radius 3 is 2.79 bits per heavy atom. The Morgan fingerprint density at radius 1 is 1.37 bits per heavy atom. The maximum absolute atomic E-state index is 13.7. The summed E-state index contributed by atoms with van der Waals surface area (Å²) in [7, 11) is -3.70. The normalized spacial score (nSPS) is 21.5. The quantitative estimate of drug-likeness (QED) is 0.783. The summed E-state index contributed by atoms with van der Waals surface area (Å²) in [6, 6.07) is 5.57. The molecule has 2 rings (SSSR count). The van der Waals surface area contributed by atoms with Gasteiger partial charge in [0, 0.05) is 18.4 Å². The first-order chi connectivity index (χ1) is 9.05. The van der Waals surface area contributed by atoms with Gasteiger partial charge in [0.15, 0.2) is 0 Å². The van der Waals surface area contributed by atoms with Crippen molar-refractivity contribution in [3.8, 4) is 0 Å². The van der Waals surface area contributed by atoms with Crippen LogP contribution in [0.2, 0.25) is 0 Å². The number of piperidine rings is 1. The lowest BCUT2D eigenvalue weighted by atomic mass is 9.97. The smallest absolute Gasteiger partial charge is 0.207 e. The van der Waals surface area contributed by atoms with Crippen molar-refractivity contribution < 1.29 is 12.8 Å². The Bertz CT molecular complexity index is 533. The Labute approximate surface area is 122 Å². The molecule has 1 atom stereocenters. The molecule has 19 heavy (non-hydrogen) atoms. The lowest BCUT2D eigenvalue weighted by Crippen LogP contribution is -2.40. The van der Waals surface area contributed by atoms with Crippen molar-refractivity contribution in [2.75, 3.05) is 18.4 Å². The fraction of sp³-hybridized carbons (Fsp3) is 0.538. The zero-order chi connectivity index (χ0) is 13.9. The number of benzene rings is 1. The van der Waals surface area contributed by atoms with E-state index in [9.17, 15) is 12.8 Å². The number of hydrogen-bond acceptors (Lipinski definition) is 2. The molecule has 3 nitrogen and oxygen atoms in total. The summed E-state index contributed by atoms with van der Waals surface area (Å²) in [6.07, 6.45) is 2.82. The average molecular weight is 350 g/mol. The lowest BCUT2D eigenvalue weighted by Gasteiger charge is -2.31. The number of alkyl halides is 1. The van der Waals surface area contributed by atoms with Crippen molar-refractivity contribution in [1.82, 2.24) is 4.31 Å². The van der Waals surface area contributed by atoms with E-state index in [0.717, 1.165) is 24.6 Å². The molecule has 106 valence electrons. The highest BCUT2D eigenvalue weighted by molar-refractivity contribution is 9.09. The van der Waals surface area contributed by atoms with Crippen LogP contribution < -0.4 is 0 Å². The highest BCUT2D eigenvalue weighted by Gasteiger charge is 2.31. The van der Waals surface area contributed by atoms with Crippen molar-refractivity contribution in [3.63, 3.8) is 0 Å². The van der Waals surface area contributed by atoms with Crippen LogP contribution in [0.15, 0.2) is 29.2 Å². The van der Waals surface area contributed by atoms with Gasteiger partial charge in [-0.1, -0.05) is 28.1 Å². The van der Waals surface area contributed by atoms with Crippen LogP contribution in [-0.2, 0) is 10.0 Å². The average Bonchev–Trinajstić information content (AvgIpc) is 2.40. The van der Waals surface area contributed by atoms with Crippen LogP contribution in [0.3, 0.4) is 0 Å². The van der Waals surface area contributed by atoms with E-state index in [1.54, 1.807) is 6.07 Å². The minimum atomic E-state index is -3.70. The molecule has 1 aliphatic rings. The molecule has 0 aliphatic carbocycles. The van der Waals surface area contributed by atoms with Crippen LogP contribution in [-0.4, -0.2) is 31.1 Å². The molecule has 0 spiro atoms. The highest BCUT2D eigenvalue weighted by Crippen LogP contribution is 2.26. The molecular formula is C13H17BrFNO2S. The second kappa shape index (κ2) is 6.33. The zero-order valence-corrected chi connectivity index (χ0v) is 13.0. The topological polar surface area (TPSA) is 37.4 Å². The van der Waals surface area contributed by atoms with E-state index in [2.05, 4.69) is 15.9 Å². The first-order valence-corrected chi connectivity index (χ1v) is 8.92. The molecule has 6 heteroatoms. The van der Waals surface area contributed by atoms with E-state index in [1.807, 2.05) is 0 Å². The first kappa shape index (κ1) is 14.9. The van der Waals surface area contributed by atoms with Gasteiger partial charge >= 0.3 is 0 Å². The van der Waals surface area contributed by atoms with Gasteiger partial charge in [0.05, 0.1) is 0 Å². The molecule has 0 aromatic heterocycles. The fourth-order valence-electron chi connectivity index (χ4n) is 2.43. The molecule has 1 saturated heterocycles. The number of nitrogens with zero attached hydrogens (tertiary/aromatic N) is 1. The molecule has 0 saturated carbocycles. The number of sulfonamides is 1. The molecule has 0 amide bonds. The lowest BCUT2D eigenvalue weighted by molar-refractivity contribution is 0.262. The van der Waals surface area contributed by atoms with Gasteiger partial charge < -0.3 is 0 Å². The second-order valence-electron chi connectivity index (χ2n) is 4.78. The van der Waals surface area contributed by atoms with Gasteiger partial charge in [-0.3, -0.25) is 0 Å². The van der Waals surface area contributed by atoms with Crippen LogP contribution in [0.1, 0.15) is 19.3 Å². The second-order valence-corrected chi connectivity index (χ2v) is 7.48. The third-order valence-corrected chi connectivity index (χ3v) is 5.81. The Kier molecular flexibility index (Phi) is 4.97. The van der Waals surface area contributed by atoms with Gasteiger partial charge in [0.25, 0.3) is 0 Å². The summed E-state index contributed by atoms with van der Waals surface area (Å²) in [5, 5.41) is 0.866. The van der Waals surface area contributed by atoms with Crippen LogP contribution >= 0.6 is 15.9 Å². The summed E-state index contributed by atoms with van der Waals surface area (Å²) in [4.78, 5) is -0.213. The van der Waals surface area contributed by atoms with E-state index < -0.39 is 15.8 Å². The maximum Gasteiger partial charge on any atom is 0.245 e. The van der Waals surface area contributed by atoms with E-state index >= 15 is 0 Å². The van der Waals surface area contributed by atoms with Gasteiger partial charge in [-0.25, -0.2) is 12.8 Å². The SMILES string of the molecule is O=S(=O)(c1ccccc1F)N1CCCC(CCBr)C1. The van der Waals surface area contributed by atoms with Crippen molar-refractivity contribution in [3.05, 3.63) is 30.1 Å². The van der Waals surface area contributed by atoms with Gasteiger partial charge in [0.1, 0.15) is 10.7 Å². The number of rotatable bonds is 4. The van der Waals surface area contributed by atoms with Crippen LogP contribution in [0.4, 0.5) is 4.39 Å². The van der Waals surface area contributed by atoms with E-state index in [0.29, 0.717) is 19.0 Å². The minimum Gasteiger partial charge on any atom is -0.207 e. The summed E-state index contributed by atoms with van der Waals surface area (Å²) in [5.41, 5.74) is 0. The van der Waals surface area contributed by atoms with E-state index in [-0.39, 0.29) is 4.90 Å². The van der Waals surface area contributed by atoms with Gasteiger partial charge in [-0.05, 0) is 37.3 Å². The molecule has 1 fully saturated rings. The summed E-state index contributed by atoms with van der Waals surface area (Å²) in [5.74, 6) is -0.320. The zero-order valence-electron chi connectivity index (χ0n) is 10.6. The molecule has 0 radical (unpaired) electrons. The number of hydrogen-bond donors (Lipinski definition) is 0. The van der Waals surface area contributed by atoms with Gasteiger partial charge in [-0.2, -0.15) is 4.31 Å². The molecule has 0 N–H and O–H groups in total. The summed E-state index contributed by atoms with van der Waals surface area (Å²) < 4.78 is 40.0. The monoisotopic (exact) mass is 349 g/mol. The third-order valence-electron chi connectivity index (χ3n) is 3.45. The minimum absolute atomic E-state index is 0.213. The molecule has 1 unspecified atom stereocenters. The molecule has 1 aromatic rings. The van der Waals surface area contributed by atoms with E-state index in [4.69, 9.17) is 0 Å². The fourth-order valence-corrected chi connectivity index (χ4v) is 4.70. The van der Waals surface area contributed by atoms with Gasteiger partial charge in [-0.15, -0.1) is 0 Å². The van der Waals surface area contributed by atoms with Crippen molar-refractivity contribution in [2.24, 2.45) is 5.92 Å². The molecule has 0 bridgehead atoms. The predicted octanol–water partition coefficient (Wildman–Crippen LogP) is 3.01. The molecular weight excluding hydrogens is 333 g/mol. The summed E-state index contributed by atoms with van der Waals surface area (Å²) in [6.45, 7) is 0.970. The van der Waals surface area contributed by atoms with E-state index in [1.165, 1.54) is 22.5 Å². The standard InChI is InChI=1S/C13H17BrFNO2S/c14-8-7-11-4-3-9-16(10-11)19(17,18)13-6-2-1-5-12(13)15/h1-2,5-6,11H,3-4,7-10H2. The molecule has 1 heterocycles. The highest BCUT2D eigenvalue weighted by atomic mass is 79.9. The van der Waals surface area contributed by atoms with Gasteiger partial charge in [0.2, 0.25) is 10.0 Å². The predicted molar refractivity (Wildman–Crippen MR) is 76.3 cm³/mol. The van der Waals surface area contributed by atoms with Crippen molar-refractivity contribution >= 4 is 26.0 Å². The largest absolute Gasteiger partial charge is 0.245 e. The van der Waals surface area contributed by atoms with Crippen LogP contribution in [0, 0.1) is 11.7 Å². The maximum atomic E-state index is 13.7. The molecule has 1 aromatic carbocycles. The van der Waals surface area contributed by atoms with Crippen LogP contribution in [0.25, 0.3) is 0 Å². The Balaban J connectivity index is 2.22. The molecule has 1 aliphatic heterocycles. The number of halogens is 2. The van der Waals surface area contributed by atoms with Crippen molar-refractivity contribution in [1.29, 1.82) is 0 Å². The summed E-state index contributed by atoms with van der Waals surface area (Å²) >= 11 is 3.38.